The minimum atomic E-state index is -0.500. The Balaban J connectivity index is 1.87. The largest absolute Gasteiger partial charge is 0.381 e. The second kappa shape index (κ2) is 8.25. The number of nitrogens with zero attached hydrogens (tertiary/aromatic N) is 2. The number of ether oxygens (including phenoxy) is 2. The predicted molar refractivity (Wildman–Crippen MR) is 104 cm³/mol. The summed E-state index contributed by atoms with van der Waals surface area (Å²) >= 11 is 0. The number of aromatic nitrogens is 1. The van der Waals surface area contributed by atoms with Crippen LogP contribution in [0.1, 0.15) is 55.1 Å². The number of hydrogen-bond acceptors (Lipinski definition) is 5. The Morgan fingerprint density at radius 1 is 1.37 bits per heavy atom. The second-order valence-electron chi connectivity index (χ2n) is 8.24. The normalized spacial score (nSPS) is 33.7. The summed E-state index contributed by atoms with van der Waals surface area (Å²) in [5, 5.41) is 0. The topological polar surface area (TPSA) is 77.7 Å². The van der Waals surface area contributed by atoms with Gasteiger partial charge < -0.3 is 20.1 Å². The molecule has 0 bridgehead atoms. The van der Waals surface area contributed by atoms with Crippen LogP contribution in [0.25, 0.3) is 0 Å². The van der Waals surface area contributed by atoms with Crippen LogP contribution < -0.4 is 5.73 Å². The molecule has 3 atom stereocenters. The molecule has 3 unspecified atom stereocenters. The SMILES string of the molecule is COC1CC(N(C)CC2CCCC(C)C2(OC)c2ccnc(C(N)=O)c2)C1. The smallest absolute Gasteiger partial charge is 0.267 e. The Morgan fingerprint density at radius 3 is 2.74 bits per heavy atom. The van der Waals surface area contributed by atoms with E-state index >= 15 is 0 Å². The van der Waals surface area contributed by atoms with Crippen molar-refractivity contribution in [3.63, 3.8) is 0 Å². The highest BCUT2D eigenvalue weighted by molar-refractivity contribution is 5.90. The third-order valence-corrected chi connectivity index (χ3v) is 6.86. The predicted octanol–water partition coefficient (Wildman–Crippen LogP) is 2.57. The number of primary amides is 1. The molecule has 1 aromatic rings. The monoisotopic (exact) mass is 375 g/mol. The molecule has 2 N–H and O–H groups in total. The molecule has 0 aliphatic heterocycles. The van der Waals surface area contributed by atoms with Gasteiger partial charge >= 0.3 is 0 Å². The maximum absolute atomic E-state index is 11.7. The number of nitrogens with two attached hydrogens (primary N) is 1. The van der Waals surface area contributed by atoms with Gasteiger partial charge in [-0.3, -0.25) is 9.78 Å². The van der Waals surface area contributed by atoms with E-state index in [4.69, 9.17) is 15.2 Å². The van der Waals surface area contributed by atoms with Crippen molar-refractivity contribution >= 4 is 5.91 Å². The fraction of sp³-hybridized carbons (Fsp3) is 0.714. The van der Waals surface area contributed by atoms with Crippen molar-refractivity contribution in [3.8, 4) is 0 Å². The highest BCUT2D eigenvalue weighted by Crippen LogP contribution is 2.49. The van der Waals surface area contributed by atoms with Gasteiger partial charge in [0, 0.05) is 38.9 Å². The molecule has 150 valence electrons. The van der Waals surface area contributed by atoms with Crippen molar-refractivity contribution in [2.24, 2.45) is 17.6 Å². The van der Waals surface area contributed by atoms with E-state index < -0.39 is 11.5 Å². The van der Waals surface area contributed by atoms with Gasteiger partial charge in [0.05, 0.1) is 11.7 Å². The van der Waals surface area contributed by atoms with Crippen LogP contribution in [0.4, 0.5) is 0 Å². The first-order valence-electron chi connectivity index (χ1n) is 9.96. The molecule has 0 saturated heterocycles. The average Bonchev–Trinajstić information content (AvgIpc) is 2.61. The lowest BCUT2D eigenvalue weighted by molar-refractivity contribution is -0.137. The lowest BCUT2D eigenvalue weighted by atomic mass is 9.65. The molecule has 1 heterocycles. The first kappa shape index (κ1) is 20.2. The molecule has 3 rings (SSSR count). The molecule has 2 aliphatic rings. The average molecular weight is 376 g/mol. The first-order chi connectivity index (χ1) is 12.9. The molecule has 1 aromatic heterocycles. The van der Waals surface area contributed by atoms with E-state index in [0.29, 0.717) is 29.7 Å². The molecular weight excluding hydrogens is 342 g/mol. The maximum Gasteiger partial charge on any atom is 0.267 e. The van der Waals surface area contributed by atoms with Crippen molar-refractivity contribution in [1.82, 2.24) is 9.88 Å². The van der Waals surface area contributed by atoms with Crippen LogP contribution in [0.2, 0.25) is 0 Å². The van der Waals surface area contributed by atoms with Crippen LogP contribution >= 0.6 is 0 Å². The summed E-state index contributed by atoms with van der Waals surface area (Å²) in [5.74, 6) is 0.201. The van der Waals surface area contributed by atoms with Crippen molar-refractivity contribution in [2.45, 2.75) is 56.8 Å². The van der Waals surface area contributed by atoms with Gasteiger partial charge in [0.1, 0.15) is 5.69 Å². The zero-order valence-corrected chi connectivity index (χ0v) is 17.0. The van der Waals surface area contributed by atoms with Crippen LogP contribution in [0.3, 0.4) is 0 Å². The molecule has 0 aromatic carbocycles. The number of amides is 1. The zero-order chi connectivity index (χ0) is 19.6. The number of carbonyl (C=O) groups excluding carboxylic acids is 1. The second-order valence-corrected chi connectivity index (χ2v) is 8.24. The summed E-state index contributed by atoms with van der Waals surface area (Å²) in [5.41, 5.74) is 6.37. The summed E-state index contributed by atoms with van der Waals surface area (Å²) in [6, 6.07) is 4.38. The van der Waals surface area contributed by atoms with Gasteiger partial charge in [-0.15, -0.1) is 0 Å². The van der Waals surface area contributed by atoms with Crippen LogP contribution in [0.5, 0.6) is 0 Å². The maximum atomic E-state index is 11.7. The Morgan fingerprint density at radius 2 is 2.11 bits per heavy atom. The highest BCUT2D eigenvalue weighted by atomic mass is 16.5. The molecule has 6 heteroatoms. The molecule has 0 spiro atoms. The number of pyridine rings is 1. The third-order valence-electron chi connectivity index (χ3n) is 6.86. The van der Waals surface area contributed by atoms with Gasteiger partial charge in [0.15, 0.2) is 0 Å². The summed E-state index contributed by atoms with van der Waals surface area (Å²) in [6.45, 7) is 3.22. The fourth-order valence-electron chi connectivity index (χ4n) is 5.13. The van der Waals surface area contributed by atoms with E-state index in [-0.39, 0.29) is 0 Å². The summed E-state index contributed by atoms with van der Waals surface area (Å²) in [4.78, 5) is 18.2. The Hall–Kier alpha value is -1.50. The summed E-state index contributed by atoms with van der Waals surface area (Å²) < 4.78 is 11.7. The minimum absolute atomic E-state index is 0.302. The Bertz CT molecular complexity index is 662. The van der Waals surface area contributed by atoms with Crippen molar-refractivity contribution in [2.75, 3.05) is 27.8 Å². The Labute approximate surface area is 162 Å². The van der Waals surface area contributed by atoms with E-state index in [2.05, 4.69) is 23.9 Å². The van der Waals surface area contributed by atoms with Crippen LogP contribution in [0, 0.1) is 11.8 Å². The third kappa shape index (κ3) is 3.75. The quantitative estimate of drug-likeness (QED) is 0.792. The van der Waals surface area contributed by atoms with Gasteiger partial charge in [-0.1, -0.05) is 13.3 Å². The van der Waals surface area contributed by atoms with E-state index in [1.165, 1.54) is 6.42 Å². The number of carbonyl (C=O) groups is 1. The molecule has 2 aliphatic carbocycles. The highest BCUT2D eigenvalue weighted by Gasteiger charge is 2.48. The zero-order valence-electron chi connectivity index (χ0n) is 17.0. The van der Waals surface area contributed by atoms with Gasteiger partial charge in [0.25, 0.3) is 5.91 Å². The molecule has 6 nitrogen and oxygen atoms in total. The van der Waals surface area contributed by atoms with Crippen LogP contribution in [-0.2, 0) is 15.1 Å². The van der Waals surface area contributed by atoms with Crippen molar-refractivity contribution in [3.05, 3.63) is 29.6 Å². The van der Waals surface area contributed by atoms with E-state index in [0.717, 1.165) is 37.8 Å². The van der Waals surface area contributed by atoms with Crippen molar-refractivity contribution < 1.29 is 14.3 Å². The van der Waals surface area contributed by atoms with Crippen LogP contribution in [0.15, 0.2) is 18.3 Å². The molecule has 2 fully saturated rings. The van der Waals surface area contributed by atoms with Gasteiger partial charge in [0.2, 0.25) is 0 Å². The van der Waals surface area contributed by atoms with Gasteiger partial charge in [-0.25, -0.2) is 0 Å². The Kier molecular flexibility index (Phi) is 6.18. The number of rotatable bonds is 7. The number of methoxy groups -OCH3 is 2. The first-order valence-corrected chi connectivity index (χ1v) is 9.96. The minimum Gasteiger partial charge on any atom is -0.381 e. The summed E-state index contributed by atoms with van der Waals surface area (Å²) in [6.07, 6.45) is 7.67. The summed E-state index contributed by atoms with van der Waals surface area (Å²) in [7, 11) is 5.79. The van der Waals surface area contributed by atoms with Crippen LogP contribution in [-0.4, -0.2) is 55.7 Å². The molecule has 27 heavy (non-hydrogen) atoms. The van der Waals surface area contributed by atoms with E-state index in [9.17, 15) is 4.79 Å². The van der Waals surface area contributed by atoms with Gasteiger partial charge in [-0.2, -0.15) is 0 Å². The number of hydrogen-bond donors (Lipinski definition) is 1. The molecule has 1 amide bonds. The van der Waals surface area contributed by atoms with Gasteiger partial charge in [-0.05, 0) is 56.3 Å². The van der Waals surface area contributed by atoms with E-state index in [1.54, 1.807) is 20.4 Å². The molecule has 0 radical (unpaired) electrons. The standard InChI is InChI=1S/C21H33N3O3/c1-14-6-5-7-16(13-24(2)17-11-18(12-17)26-3)21(14,27-4)15-8-9-23-19(10-15)20(22)25/h8-10,14,16-18H,5-7,11-13H2,1-4H3,(H2,22,25). The fourth-order valence-corrected chi connectivity index (χ4v) is 5.13. The lowest BCUT2D eigenvalue weighted by Crippen LogP contribution is -2.53. The molecule has 2 saturated carbocycles. The van der Waals surface area contributed by atoms with Crippen molar-refractivity contribution in [1.29, 1.82) is 0 Å². The lowest BCUT2D eigenvalue weighted by Gasteiger charge is -2.51. The van der Waals surface area contributed by atoms with E-state index in [1.807, 2.05) is 12.1 Å². The molecular formula is C21H33N3O3.